The molecule has 1 unspecified atom stereocenters. The van der Waals surface area contributed by atoms with Crippen LogP contribution in [-0.4, -0.2) is 43.8 Å². The van der Waals surface area contributed by atoms with Crippen LogP contribution >= 0.6 is 23.2 Å². The van der Waals surface area contributed by atoms with Gasteiger partial charge in [-0.2, -0.15) is 0 Å². The van der Waals surface area contributed by atoms with E-state index in [4.69, 9.17) is 23.2 Å². The van der Waals surface area contributed by atoms with Crippen molar-refractivity contribution in [2.24, 2.45) is 0 Å². The van der Waals surface area contributed by atoms with Gasteiger partial charge in [-0.1, -0.05) is 60.0 Å². The van der Waals surface area contributed by atoms with Gasteiger partial charge in [-0.05, 0) is 81.3 Å². The van der Waals surface area contributed by atoms with E-state index >= 15 is 0 Å². The topological polar surface area (TPSA) is 86.8 Å². The molecule has 0 fully saturated rings. The predicted octanol–water partition coefficient (Wildman–Crippen LogP) is 5.83. The quantitative estimate of drug-likeness (QED) is 0.305. The van der Waals surface area contributed by atoms with Crippen molar-refractivity contribution in [2.75, 3.05) is 10.8 Å². The number of carbonyl (C=O) groups is 2. The molecule has 7 nitrogen and oxygen atoms in total. The highest BCUT2D eigenvalue weighted by atomic mass is 35.5. The summed E-state index contributed by atoms with van der Waals surface area (Å²) >= 11 is 12.1. The van der Waals surface area contributed by atoms with Crippen molar-refractivity contribution in [3.05, 3.63) is 94.0 Å². The molecule has 10 heteroatoms. The van der Waals surface area contributed by atoms with Crippen LogP contribution in [0.3, 0.4) is 0 Å². The Morgan fingerprint density at radius 3 is 1.92 bits per heavy atom. The van der Waals surface area contributed by atoms with Gasteiger partial charge in [0.2, 0.25) is 11.8 Å². The molecule has 0 aliphatic heterocycles. The maximum absolute atomic E-state index is 14.0. The second kappa shape index (κ2) is 13.3. The third-order valence-corrected chi connectivity index (χ3v) is 8.38. The Bertz CT molecular complexity index is 1380. The molecular weight excluding hydrogens is 557 g/mol. The van der Waals surface area contributed by atoms with Gasteiger partial charge in [0, 0.05) is 22.6 Å². The monoisotopic (exact) mass is 589 g/mol. The minimum atomic E-state index is -4.14. The summed E-state index contributed by atoms with van der Waals surface area (Å²) in [5.41, 5.74) is 1.93. The Morgan fingerprint density at radius 1 is 0.872 bits per heavy atom. The van der Waals surface area contributed by atoms with E-state index < -0.39 is 28.5 Å². The number of hydrogen-bond acceptors (Lipinski definition) is 4. The molecule has 2 amide bonds. The molecule has 208 valence electrons. The summed E-state index contributed by atoms with van der Waals surface area (Å²) in [5, 5.41) is 3.85. The van der Waals surface area contributed by atoms with E-state index in [1.807, 2.05) is 27.7 Å². The number of anilines is 1. The number of benzene rings is 3. The summed E-state index contributed by atoms with van der Waals surface area (Å²) in [6.07, 6.45) is 0.337. The van der Waals surface area contributed by atoms with Crippen LogP contribution in [0.5, 0.6) is 0 Å². The first-order valence-corrected chi connectivity index (χ1v) is 14.8. The van der Waals surface area contributed by atoms with Crippen LogP contribution in [0.15, 0.2) is 77.7 Å². The van der Waals surface area contributed by atoms with Crippen molar-refractivity contribution >= 4 is 50.7 Å². The largest absolute Gasteiger partial charge is 0.352 e. The maximum Gasteiger partial charge on any atom is 0.264 e. The number of nitrogens with one attached hydrogen (secondary N) is 1. The molecule has 0 bridgehead atoms. The van der Waals surface area contributed by atoms with Crippen molar-refractivity contribution in [2.45, 2.75) is 57.6 Å². The summed E-state index contributed by atoms with van der Waals surface area (Å²) < 4.78 is 28.7. The number of halogens is 2. The second-order valence-corrected chi connectivity index (χ2v) is 12.3. The van der Waals surface area contributed by atoms with Gasteiger partial charge in [-0.25, -0.2) is 8.42 Å². The van der Waals surface area contributed by atoms with Gasteiger partial charge in [0.25, 0.3) is 10.0 Å². The number of nitrogens with zero attached hydrogens (tertiary/aromatic N) is 2. The number of rotatable bonds is 11. The fourth-order valence-electron chi connectivity index (χ4n) is 4.06. The lowest BCUT2D eigenvalue weighted by atomic mass is 10.1. The van der Waals surface area contributed by atoms with E-state index in [-0.39, 0.29) is 29.1 Å². The average Bonchev–Trinajstić information content (AvgIpc) is 2.88. The Labute approximate surface area is 240 Å². The van der Waals surface area contributed by atoms with Gasteiger partial charge in [0.15, 0.2) is 0 Å². The lowest BCUT2D eigenvalue weighted by molar-refractivity contribution is -0.140. The van der Waals surface area contributed by atoms with Gasteiger partial charge in [0.1, 0.15) is 12.6 Å². The molecular formula is C29H33Cl2N3O4S. The molecule has 0 spiro atoms. The zero-order valence-electron chi connectivity index (χ0n) is 22.4. The normalized spacial score (nSPS) is 12.2. The Kier molecular flexibility index (Phi) is 10.4. The molecule has 3 aromatic rings. The zero-order chi connectivity index (χ0) is 28.7. The number of hydrogen-bond donors (Lipinski definition) is 1. The first-order chi connectivity index (χ1) is 18.4. The zero-order valence-corrected chi connectivity index (χ0v) is 24.7. The maximum atomic E-state index is 14.0. The van der Waals surface area contributed by atoms with Gasteiger partial charge >= 0.3 is 0 Å². The fraction of sp³-hybridized carbons (Fsp3) is 0.310. The third-order valence-electron chi connectivity index (χ3n) is 6.09. The third kappa shape index (κ3) is 7.97. The van der Waals surface area contributed by atoms with Crippen LogP contribution in [0.2, 0.25) is 10.0 Å². The van der Waals surface area contributed by atoms with Gasteiger partial charge < -0.3 is 10.2 Å². The number of carbonyl (C=O) groups excluding carboxylic acids is 2. The standard InChI is InChI=1S/C29H33Cl2N3O4S/c1-5-27(29(36)32-20(2)3)33(18-22-8-10-23(30)11-9-22)28(35)19-34(25-14-12-24(31)13-15-25)39(37,38)26-16-6-21(4)7-17-26/h6-17,20,27H,5,18-19H2,1-4H3,(H,32,36). The van der Waals surface area contributed by atoms with Crippen molar-refractivity contribution in [1.82, 2.24) is 10.2 Å². The lowest BCUT2D eigenvalue weighted by Crippen LogP contribution is -2.53. The predicted molar refractivity (Wildman–Crippen MR) is 157 cm³/mol. The molecule has 0 radical (unpaired) electrons. The van der Waals surface area contributed by atoms with E-state index in [0.717, 1.165) is 15.4 Å². The number of aryl methyl sites for hydroxylation is 1. The highest BCUT2D eigenvalue weighted by Crippen LogP contribution is 2.26. The lowest BCUT2D eigenvalue weighted by Gasteiger charge is -2.33. The SMILES string of the molecule is CCC(C(=O)NC(C)C)N(Cc1ccc(Cl)cc1)C(=O)CN(c1ccc(Cl)cc1)S(=O)(=O)c1ccc(C)cc1. The molecule has 3 aromatic carbocycles. The van der Waals surface area contributed by atoms with Crippen LogP contribution in [-0.2, 0) is 26.2 Å². The second-order valence-electron chi connectivity index (χ2n) is 9.54. The molecule has 0 saturated heterocycles. The molecule has 3 rings (SSSR count). The molecule has 1 atom stereocenters. The molecule has 39 heavy (non-hydrogen) atoms. The minimum Gasteiger partial charge on any atom is -0.352 e. The van der Waals surface area contributed by atoms with E-state index in [1.165, 1.54) is 17.0 Å². The molecule has 0 saturated carbocycles. The van der Waals surface area contributed by atoms with Crippen molar-refractivity contribution < 1.29 is 18.0 Å². The van der Waals surface area contributed by atoms with Gasteiger partial charge in [0.05, 0.1) is 10.6 Å². The van der Waals surface area contributed by atoms with E-state index in [2.05, 4.69) is 5.32 Å². The highest BCUT2D eigenvalue weighted by Gasteiger charge is 2.33. The summed E-state index contributed by atoms with van der Waals surface area (Å²) in [6.45, 7) is 6.93. The van der Waals surface area contributed by atoms with Crippen LogP contribution in [0.25, 0.3) is 0 Å². The van der Waals surface area contributed by atoms with Crippen LogP contribution < -0.4 is 9.62 Å². The van der Waals surface area contributed by atoms with Crippen molar-refractivity contribution in [3.8, 4) is 0 Å². The van der Waals surface area contributed by atoms with Crippen molar-refractivity contribution in [1.29, 1.82) is 0 Å². The van der Waals surface area contributed by atoms with Gasteiger partial charge in [-0.15, -0.1) is 0 Å². The number of amides is 2. The minimum absolute atomic E-state index is 0.0460. The van der Waals surface area contributed by atoms with E-state index in [1.54, 1.807) is 60.7 Å². The molecule has 0 heterocycles. The summed E-state index contributed by atoms with van der Waals surface area (Å²) in [5.74, 6) is -0.837. The molecule has 0 aliphatic rings. The molecule has 1 N–H and O–H groups in total. The van der Waals surface area contributed by atoms with E-state index in [0.29, 0.717) is 16.5 Å². The van der Waals surface area contributed by atoms with Crippen molar-refractivity contribution in [3.63, 3.8) is 0 Å². The first-order valence-electron chi connectivity index (χ1n) is 12.6. The van der Waals surface area contributed by atoms with Gasteiger partial charge in [-0.3, -0.25) is 13.9 Å². The fourth-order valence-corrected chi connectivity index (χ4v) is 5.73. The summed E-state index contributed by atoms with van der Waals surface area (Å²) in [4.78, 5) is 28.6. The Morgan fingerprint density at radius 2 is 1.41 bits per heavy atom. The Balaban J connectivity index is 2.05. The molecule has 0 aliphatic carbocycles. The smallest absolute Gasteiger partial charge is 0.264 e. The molecule has 0 aromatic heterocycles. The van der Waals surface area contributed by atoms with Crippen LogP contribution in [0.1, 0.15) is 38.3 Å². The first kappa shape index (κ1) is 30.5. The summed E-state index contributed by atoms with van der Waals surface area (Å²) in [6, 6.07) is 18.7. The van der Waals surface area contributed by atoms with Crippen LogP contribution in [0, 0.1) is 6.92 Å². The van der Waals surface area contributed by atoms with Crippen LogP contribution in [0.4, 0.5) is 5.69 Å². The average molecular weight is 591 g/mol. The summed E-state index contributed by atoms with van der Waals surface area (Å²) in [7, 11) is -4.14. The Hall–Kier alpha value is -3.07. The van der Waals surface area contributed by atoms with E-state index in [9.17, 15) is 18.0 Å². The number of sulfonamides is 1. The highest BCUT2D eigenvalue weighted by molar-refractivity contribution is 7.92.